The van der Waals surface area contributed by atoms with Crippen LogP contribution in [0, 0.1) is 11.3 Å². The van der Waals surface area contributed by atoms with Gasteiger partial charge < -0.3 is 14.8 Å². The Morgan fingerprint density at radius 1 is 0.941 bits per heavy atom. The number of rotatable bonds is 5. The Labute approximate surface area is 199 Å². The number of carbonyl (C=O) groups excluding carboxylic acids is 1. The first kappa shape index (κ1) is 22.0. The van der Waals surface area contributed by atoms with Gasteiger partial charge in [-0.05, 0) is 49.2 Å². The van der Waals surface area contributed by atoms with E-state index in [2.05, 4.69) is 11.4 Å². The van der Waals surface area contributed by atoms with Crippen LogP contribution in [-0.4, -0.2) is 25.7 Å². The van der Waals surface area contributed by atoms with Crippen molar-refractivity contribution in [3.05, 3.63) is 95.1 Å². The zero-order valence-corrected chi connectivity index (χ0v) is 19.0. The van der Waals surface area contributed by atoms with Crippen molar-refractivity contribution in [2.45, 2.75) is 31.5 Å². The molecule has 5 rings (SSSR count). The number of ether oxygens (including phenoxy) is 2. The number of nitrogens with zero attached hydrogens (tertiary/aromatic N) is 2. The number of hydrogen-bond acceptors (Lipinski definition) is 5. The number of piperidine rings is 1. The van der Waals surface area contributed by atoms with Crippen LogP contribution in [0.15, 0.2) is 72.8 Å². The summed E-state index contributed by atoms with van der Waals surface area (Å²) in [6.45, 7) is 2.73. The molecule has 0 bridgehead atoms. The van der Waals surface area contributed by atoms with E-state index in [0.717, 1.165) is 42.6 Å². The summed E-state index contributed by atoms with van der Waals surface area (Å²) in [7, 11) is 0. The molecular weight excluding hydrogens is 426 g/mol. The van der Waals surface area contributed by atoms with Crippen molar-refractivity contribution in [2.75, 3.05) is 24.5 Å². The van der Waals surface area contributed by atoms with Crippen molar-refractivity contribution in [2.24, 2.45) is 0 Å². The smallest absolute Gasteiger partial charge is 0.414 e. The first-order chi connectivity index (χ1) is 16.7. The summed E-state index contributed by atoms with van der Waals surface area (Å²) < 4.78 is 12.0. The molecule has 1 saturated heterocycles. The molecule has 1 N–H and O–H groups in total. The van der Waals surface area contributed by atoms with E-state index < -0.39 is 6.09 Å². The van der Waals surface area contributed by atoms with Gasteiger partial charge in [-0.15, -0.1) is 0 Å². The fourth-order valence-electron chi connectivity index (χ4n) is 5.05. The Hall–Kier alpha value is -3.82. The first-order valence-corrected chi connectivity index (χ1v) is 11.6. The highest BCUT2D eigenvalue weighted by Crippen LogP contribution is 2.52. The second-order valence-electron chi connectivity index (χ2n) is 8.88. The van der Waals surface area contributed by atoms with Crippen LogP contribution in [-0.2, 0) is 23.4 Å². The van der Waals surface area contributed by atoms with Crippen molar-refractivity contribution in [3.8, 4) is 11.8 Å². The van der Waals surface area contributed by atoms with Crippen LogP contribution in [0.4, 0.5) is 10.5 Å². The Kier molecular flexibility index (Phi) is 6.20. The lowest BCUT2D eigenvalue weighted by Gasteiger charge is -2.34. The van der Waals surface area contributed by atoms with Crippen molar-refractivity contribution in [1.82, 2.24) is 5.32 Å². The molecule has 3 aromatic rings. The minimum absolute atomic E-state index is 0.193. The fraction of sp³-hybridized carbons (Fsp3) is 0.286. The first-order valence-electron chi connectivity index (χ1n) is 11.6. The number of benzene rings is 3. The largest absolute Gasteiger partial charge is 0.487 e. The number of nitriles is 1. The number of amides is 1. The monoisotopic (exact) mass is 453 g/mol. The van der Waals surface area contributed by atoms with Crippen LogP contribution in [0.3, 0.4) is 0 Å². The highest BCUT2D eigenvalue weighted by Gasteiger charge is 2.49. The maximum Gasteiger partial charge on any atom is 0.414 e. The molecule has 1 fully saturated rings. The van der Waals surface area contributed by atoms with Gasteiger partial charge in [0.25, 0.3) is 0 Å². The Bertz CT molecular complexity index is 1200. The molecule has 6 heteroatoms. The number of hydrogen-bond donors (Lipinski definition) is 1. The summed E-state index contributed by atoms with van der Waals surface area (Å²) in [5, 5.41) is 13.4. The standard InChI is InChI=1S/C28H27N3O3/c29-17-23-11-12-24(33-18-21-7-3-1-4-8-21)26-25(23)28(13-15-30-16-14-28)20-31(26)27(32)34-19-22-9-5-2-6-10-22/h1-12,30H,13-16,18-20H2. The van der Waals surface area contributed by atoms with Gasteiger partial charge in [0.2, 0.25) is 0 Å². The molecule has 6 nitrogen and oxygen atoms in total. The number of anilines is 1. The minimum Gasteiger partial charge on any atom is -0.487 e. The summed E-state index contributed by atoms with van der Waals surface area (Å²) in [5.74, 6) is 0.602. The van der Waals surface area contributed by atoms with Crippen LogP contribution in [0.1, 0.15) is 35.1 Å². The van der Waals surface area contributed by atoms with Gasteiger partial charge >= 0.3 is 6.09 Å². The van der Waals surface area contributed by atoms with Crippen molar-refractivity contribution >= 4 is 11.8 Å². The maximum absolute atomic E-state index is 13.4. The zero-order valence-electron chi connectivity index (χ0n) is 19.0. The summed E-state index contributed by atoms with van der Waals surface area (Å²) in [4.78, 5) is 15.1. The third-order valence-corrected chi connectivity index (χ3v) is 6.75. The van der Waals surface area contributed by atoms with E-state index in [4.69, 9.17) is 9.47 Å². The van der Waals surface area contributed by atoms with Gasteiger partial charge in [-0.25, -0.2) is 4.79 Å². The molecule has 172 valence electrons. The van der Waals surface area contributed by atoms with Crippen LogP contribution in [0.2, 0.25) is 0 Å². The molecule has 0 unspecified atom stereocenters. The summed E-state index contributed by atoms with van der Waals surface area (Å²) >= 11 is 0. The Morgan fingerprint density at radius 2 is 1.59 bits per heavy atom. The quantitative estimate of drug-likeness (QED) is 0.594. The van der Waals surface area contributed by atoms with Crippen LogP contribution >= 0.6 is 0 Å². The van der Waals surface area contributed by atoms with Crippen LogP contribution in [0.5, 0.6) is 5.75 Å². The van der Waals surface area contributed by atoms with Gasteiger partial charge in [0, 0.05) is 17.5 Å². The highest BCUT2D eigenvalue weighted by molar-refractivity contribution is 5.95. The molecule has 2 aliphatic rings. The predicted molar refractivity (Wildman–Crippen MR) is 130 cm³/mol. The Morgan fingerprint density at radius 3 is 2.24 bits per heavy atom. The van der Waals surface area contributed by atoms with Crippen LogP contribution in [0.25, 0.3) is 0 Å². The molecule has 2 aliphatic heterocycles. The van der Waals surface area contributed by atoms with E-state index in [-0.39, 0.29) is 12.0 Å². The molecular formula is C28H27N3O3. The predicted octanol–water partition coefficient (Wildman–Crippen LogP) is 4.92. The Balaban J connectivity index is 1.50. The lowest BCUT2D eigenvalue weighted by molar-refractivity contribution is 0.145. The summed E-state index contributed by atoms with van der Waals surface area (Å²) in [6, 6.07) is 25.5. The van der Waals surface area contributed by atoms with Crippen molar-refractivity contribution < 1.29 is 14.3 Å². The average molecular weight is 454 g/mol. The molecule has 3 aromatic carbocycles. The van der Waals surface area contributed by atoms with Gasteiger partial charge in [-0.3, -0.25) is 4.90 Å². The van der Waals surface area contributed by atoms with E-state index in [1.807, 2.05) is 66.7 Å². The van der Waals surface area contributed by atoms with E-state index >= 15 is 0 Å². The van der Waals surface area contributed by atoms with E-state index in [0.29, 0.717) is 30.2 Å². The molecule has 1 spiro atoms. The van der Waals surface area contributed by atoms with Crippen LogP contribution < -0.4 is 15.0 Å². The molecule has 1 amide bonds. The molecule has 0 radical (unpaired) electrons. The van der Waals surface area contributed by atoms with Gasteiger partial charge in [0.1, 0.15) is 19.0 Å². The second-order valence-corrected chi connectivity index (χ2v) is 8.88. The molecule has 0 atom stereocenters. The van der Waals surface area contributed by atoms with E-state index in [1.54, 1.807) is 11.0 Å². The number of carbonyl (C=O) groups is 1. The lowest BCUT2D eigenvalue weighted by Crippen LogP contribution is -2.44. The maximum atomic E-state index is 13.4. The second kappa shape index (κ2) is 9.58. The summed E-state index contributed by atoms with van der Waals surface area (Å²) in [5.41, 5.74) is 3.87. The molecule has 0 saturated carbocycles. The van der Waals surface area contributed by atoms with Gasteiger partial charge in [0.05, 0.1) is 17.3 Å². The van der Waals surface area contributed by atoms with Gasteiger partial charge in [-0.1, -0.05) is 60.7 Å². The third kappa shape index (κ3) is 4.23. The van der Waals surface area contributed by atoms with E-state index in [9.17, 15) is 10.1 Å². The molecule has 0 aliphatic carbocycles. The molecule has 34 heavy (non-hydrogen) atoms. The van der Waals surface area contributed by atoms with E-state index in [1.165, 1.54) is 0 Å². The SMILES string of the molecule is N#Cc1ccc(OCc2ccccc2)c2c1C1(CCNCC1)CN2C(=O)OCc1ccccc1. The zero-order chi connectivity index (χ0) is 23.4. The number of fused-ring (bicyclic) bond motifs is 2. The number of nitrogens with one attached hydrogen (secondary N) is 1. The highest BCUT2D eigenvalue weighted by atomic mass is 16.6. The molecule has 0 aromatic heterocycles. The third-order valence-electron chi connectivity index (χ3n) is 6.75. The normalized spacial score (nSPS) is 16.0. The van der Waals surface area contributed by atoms with Crippen molar-refractivity contribution in [1.29, 1.82) is 5.26 Å². The van der Waals surface area contributed by atoms with Gasteiger partial charge in [0.15, 0.2) is 0 Å². The fourth-order valence-corrected chi connectivity index (χ4v) is 5.05. The molecule has 2 heterocycles. The van der Waals surface area contributed by atoms with Gasteiger partial charge in [-0.2, -0.15) is 5.26 Å². The summed E-state index contributed by atoms with van der Waals surface area (Å²) in [6.07, 6.45) is 1.28. The minimum atomic E-state index is -0.417. The average Bonchev–Trinajstić information content (AvgIpc) is 3.22. The topological polar surface area (TPSA) is 74.6 Å². The lowest BCUT2D eigenvalue weighted by atomic mass is 9.73. The van der Waals surface area contributed by atoms with Crippen molar-refractivity contribution in [3.63, 3.8) is 0 Å².